The summed E-state index contributed by atoms with van der Waals surface area (Å²) in [5.41, 5.74) is 6.99. The molecule has 5 aromatic rings. The molecule has 0 bridgehead atoms. The van der Waals surface area contributed by atoms with Gasteiger partial charge in [-0.1, -0.05) is 42.5 Å². The molecule has 3 N–H and O–H groups in total. The van der Waals surface area contributed by atoms with E-state index >= 15 is 0 Å². The molecular formula is C30H29N7O. The normalized spacial score (nSPS) is 13.4. The average Bonchev–Trinajstić information content (AvgIpc) is 3.41. The van der Waals surface area contributed by atoms with Crippen molar-refractivity contribution in [2.75, 3.05) is 41.7 Å². The number of benzene rings is 3. The molecule has 3 aromatic carbocycles. The minimum absolute atomic E-state index is 0.255. The van der Waals surface area contributed by atoms with Gasteiger partial charge in [0.15, 0.2) is 5.65 Å². The van der Waals surface area contributed by atoms with Crippen molar-refractivity contribution in [2.24, 2.45) is 0 Å². The van der Waals surface area contributed by atoms with Crippen molar-refractivity contribution >= 4 is 28.6 Å². The molecule has 1 saturated heterocycles. The highest BCUT2D eigenvalue weighted by molar-refractivity contribution is 6.03. The van der Waals surface area contributed by atoms with Gasteiger partial charge in [0.2, 0.25) is 0 Å². The minimum atomic E-state index is -0.255. The van der Waals surface area contributed by atoms with E-state index in [-0.39, 0.29) is 5.91 Å². The van der Waals surface area contributed by atoms with Crippen molar-refractivity contribution in [1.29, 1.82) is 0 Å². The van der Waals surface area contributed by atoms with Gasteiger partial charge >= 0.3 is 0 Å². The molecule has 2 aromatic heterocycles. The van der Waals surface area contributed by atoms with Crippen molar-refractivity contribution in [2.45, 2.75) is 6.54 Å². The van der Waals surface area contributed by atoms with E-state index in [4.69, 9.17) is 0 Å². The number of anilines is 3. The molecule has 0 radical (unpaired) electrons. The Morgan fingerprint density at radius 1 is 0.868 bits per heavy atom. The summed E-state index contributed by atoms with van der Waals surface area (Å²) in [4.78, 5) is 20.0. The van der Waals surface area contributed by atoms with Gasteiger partial charge in [0.1, 0.15) is 5.69 Å². The molecule has 3 heterocycles. The van der Waals surface area contributed by atoms with Gasteiger partial charge in [-0.15, -0.1) is 0 Å². The molecule has 6 rings (SSSR count). The molecule has 1 aliphatic rings. The molecule has 1 aliphatic heterocycles. The van der Waals surface area contributed by atoms with Crippen LogP contribution in [0.3, 0.4) is 0 Å². The lowest BCUT2D eigenvalue weighted by Gasteiger charge is -2.29. The minimum Gasteiger partial charge on any atom is -0.381 e. The molecule has 0 aliphatic carbocycles. The number of rotatable bonds is 7. The summed E-state index contributed by atoms with van der Waals surface area (Å²) >= 11 is 0. The highest BCUT2D eigenvalue weighted by atomic mass is 16.1. The predicted octanol–water partition coefficient (Wildman–Crippen LogP) is 4.67. The van der Waals surface area contributed by atoms with Gasteiger partial charge in [0.05, 0.1) is 6.20 Å². The number of amides is 1. The van der Waals surface area contributed by atoms with Gasteiger partial charge in [0, 0.05) is 61.5 Å². The molecule has 8 nitrogen and oxygen atoms in total. The van der Waals surface area contributed by atoms with E-state index in [2.05, 4.69) is 43.1 Å². The average molecular weight is 504 g/mol. The van der Waals surface area contributed by atoms with Crippen LogP contribution < -0.4 is 20.9 Å². The Morgan fingerprint density at radius 3 is 2.37 bits per heavy atom. The standard InChI is InChI=1S/C30H29N7O/c38-30(34-25-10-12-26(13-11-25)36-18-15-31-16-19-36)28-14-17-37-29(35-28)27(21-33-37)23-6-8-24(9-7-23)32-20-22-4-2-1-3-5-22/h1-14,17,21,31-32H,15-16,18-20H2,(H,34,38). The quantitative estimate of drug-likeness (QED) is 0.299. The van der Waals surface area contributed by atoms with Crippen LogP contribution in [0.2, 0.25) is 0 Å². The number of hydrogen-bond donors (Lipinski definition) is 3. The topological polar surface area (TPSA) is 86.6 Å². The van der Waals surface area contributed by atoms with Crippen LogP contribution in [0.4, 0.5) is 17.1 Å². The molecule has 8 heteroatoms. The lowest BCUT2D eigenvalue weighted by molar-refractivity contribution is 0.102. The first-order valence-corrected chi connectivity index (χ1v) is 12.8. The molecule has 0 spiro atoms. The van der Waals surface area contributed by atoms with Gasteiger partial charge in [-0.05, 0) is 53.6 Å². The fraction of sp³-hybridized carbons (Fsp3) is 0.167. The Bertz CT molecular complexity index is 1520. The maximum atomic E-state index is 13.0. The van der Waals surface area contributed by atoms with Gasteiger partial charge < -0.3 is 20.9 Å². The zero-order chi connectivity index (χ0) is 25.7. The van der Waals surface area contributed by atoms with Gasteiger partial charge in [-0.2, -0.15) is 5.10 Å². The van der Waals surface area contributed by atoms with Crippen molar-refractivity contribution in [3.63, 3.8) is 0 Å². The Kier molecular flexibility index (Phi) is 6.70. The molecule has 38 heavy (non-hydrogen) atoms. The second-order valence-corrected chi connectivity index (χ2v) is 9.29. The van der Waals surface area contributed by atoms with Crippen molar-refractivity contribution in [1.82, 2.24) is 19.9 Å². The fourth-order valence-corrected chi connectivity index (χ4v) is 4.64. The van der Waals surface area contributed by atoms with E-state index in [9.17, 15) is 4.79 Å². The molecule has 0 atom stereocenters. The van der Waals surface area contributed by atoms with Crippen LogP contribution in [0.5, 0.6) is 0 Å². The van der Waals surface area contributed by atoms with Crippen LogP contribution >= 0.6 is 0 Å². The van der Waals surface area contributed by atoms with Crippen LogP contribution in [0.25, 0.3) is 16.8 Å². The summed E-state index contributed by atoms with van der Waals surface area (Å²) in [6.45, 7) is 4.69. The summed E-state index contributed by atoms with van der Waals surface area (Å²) in [5, 5.41) is 14.2. The maximum absolute atomic E-state index is 13.0. The van der Waals surface area contributed by atoms with Gasteiger partial charge in [-0.25, -0.2) is 9.50 Å². The predicted molar refractivity (Wildman–Crippen MR) is 152 cm³/mol. The Hall–Kier alpha value is -4.69. The summed E-state index contributed by atoms with van der Waals surface area (Å²) in [6, 6.07) is 28.1. The monoisotopic (exact) mass is 503 g/mol. The van der Waals surface area contributed by atoms with Crippen LogP contribution in [0.15, 0.2) is 97.3 Å². The largest absolute Gasteiger partial charge is 0.381 e. The number of nitrogens with zero attached hydrogens (tertiary/aromatic N) is 4. The van der Waals surface area contributed by atoms with Crippen molar-refractivity contribution in [3.05, 3.63) is 109 Å². The zero-order valence-corrected chi connectivity index (χ0v) is 21.0. The number of nitrogens with one attached hydrogen (secondary N) is 3. The lowest BCUT2D eigenvalue weighted by Crippen LogP contribution is -2.43. The second-order valence-electron chi connectivity index (χ2n) is 9.29. The number of fused-ring (bicyclic) bond motifs is 1. The Balaban J connectivity index is 1.15. The molecule has 1 amide bonds. The second kappa shape index (κ2) is 10.7. The summed E-state index contributed by atoms with van der Waals surface area (Å²) in [7, 11) is 0. The first-order chi connectivity index (χ1) is 18.7. The first kappa shape index (κ1) is 23.7. The maximum Gasteiger partial charge on any atom is 0.274 e. The smallest absolute Gasteiger partial charge is 0.274 e. The van der Waals surface area contributed by atoms with E-state index in [0.717, 1.165) is 60.9 Å². The van der Waals surface area contributed by atoms with Gasteiger partial charge in [-0.3, -0.25) is 4.79 Å². The van der Waals surface area contributed by atoms with Crippen molar-refractivity contribution < 1.29 is 4.79 Å². The van der Waals surface area contributed by atoms with Crippen LogP contribution in [0.1, 0.15) is 16.1 Å². The number of aromatic nitrogens is 3. The number of piperazine rings is 1. The van der Waals surface area contributed by atoms with Gasteiger partial charge in [0.25, 0.3) is 5.91 Å². The summed E-state index contributed by atoms with van der Waals surface area (Å²) in [6.07, 6.45) is 3.55. The molecular weight excluding hydrogens is 474 g/mol. The lowest BCUT2D eigenvalue weighted by atomic mass is 10.1. The highest BCUT2D eigenvalue weighted by Crippen LogP contribution is 2.25. The van der Waals surface area contributed by atoms with E-state index < -0.39 is 0 Å². The van der Waals surface area contributed by atoms with Crippen molar-refractivity contribution in [3.8, 4) is 11.1 Å². The molecule has 1 fully saturated rings. The van der Waals surface area contributed by atoms with Crippen LogP contribution in [-0.2, 0) is 6.54 Å². The SMILES string of the molecule is O=C(Nc1ccc(N2CCNCC2)cc1)c1ccn2ncc(-c3ccc(NCc4ccccc4)cc3)c2n1. The number of carbonyl (C=O) groups excluding carboxylic acids is 1. The fourth-order valence-electron chi connectivity index (χ4n) is 4.64. The Labute approximate surface area is 221 Å². The Morgan fingerprint density at radius 2 is 1.61 bits per heavy atom. The molecule has 0 saturated carbocycles. The van der Waals surface area contributed by atoms with E-state index in [1.165, 1.54) is 5.56 Å². The van der Waals surface area contributed by atoms with Crippen LogP contribution in [-0.4, -0.2) is 46.7 Å². The highest BCUT2D eigenvalue weighted by Gasteiger charge is 2.14. The third kappa shape index (κ3) is 5.21. The first-order valence-electron chi connectivity index (χ1n) is 12.8. The number of carbonyl (C=O) groups is 1. The third-order valence-electron chi connectivity index (χ3n) is 6.74. The number of hydrogen-bond acceptors (Lipinski definition) is 6. The van der Waals surface area contributed by atoms with E-state index in [0.29, 0.717) is 11.3 Å². The third-order valence-corrected chi connectivity index (χ3v) is 6.74. The zero-order valence-electron chi connectivity index (χ0n) is 21.0. The molecule has 190 valence electrons. The summed E-state index contributed by atoms with van der Waals surface area (Å²) < 4.78 is 1.69. The van der Waals surface area contributed by atoms with E-state index in [1.807, 2.05) is 66.7 Å². The molecule has 0 unspecified atom stereocenters. The van der Waals surface area contributed by atoms with E-state index in [1.54, 1.807) is 23.0 Å². The van der Waals surface area contributed by atoms with Crippen LogP contribution in [0, 0.1) is 0 Å². The summed E-state index contributed by atoms with van der Waals surface area (Å²) in [5.74, 6) is -0.255.